The number of benzene rings is 1. The molecule has 24 heavy (non-hydrogen) atoms. The fraction of sp³-hybridized carbons (Fsp3) is 0.579. The largest absolute Gasteiger partial charge is 0.494 e. The number of hydrogen-bond donors (Lipinski definition) is 1. The van der Waals surface area contributed by atoms with Gasteiger partial charge in [-0.05, 0) is 55.4 Å². The molecular weight excluding hydrogens is 304 g/mol. The van der Waals surface area contributed by atoms with Gasteiger partial charge in [-0.25, -0.2) is 0 Å². The van der Waals surface area contributed by atoms with E-state index in [1.165, 1.54) is 4.90 Å². The maximum atomic E-state index is 12.2. The first-order valence-corrected chi connectivity index (χ1v) is 8.75. The van der Waals surface area contributed by atoms with Crippen LogP contribution in [0.2, 0.25) is 0 Å². The molecule has 1 aromatic rings. The van der Waals surface area contributed by atoms with E-state index in [-0.39, 0.29) is 17.2 Å². The number of nitrogen functional groups attached to an aromatic ring is 1. The number of imide groups is 1. The number of likely N-dealkylation sites (tertiary alicyclic amines) is 1. The van der Waals surface area contributed by atoms with Gasteiger partial charge in [0.05, 0.1) is 6.61 Å². The number of hydrogen-bond acceptors (Lipinski definition) is 4. The molecule has 0 spiro atoms. The fourth-order valence-corrected chi connectivity index (χ4v) is 2.92. The van der Waals surface area contributed by atoms with E-state index in [1.807, 2.05) is 38.1 Å². The molecule has 5 nitrogen and oxygen atoms in total. The van der Waals surface area contributed by atoms with Crippen molar-refractivity contribution in [2.75, 3.05) is 18.9 Å². The standard InChI is InChI=1S/C19H28N2O3/c1-3-19(2)13-17(22)21(18(23)14-19)11-5-4-6-12-24-16-9-7-15(20)8-10-16/h7-10H,3-6,11-14,20H2,1-2H3. The highest BCUT2D eigenvalue weighted by atomic mass is 16.5. The predicted octanol–water partition coefficient (Wildman–Crippen LogP) is 3.38. The summed E-state index contributed by atoms with van der Waals surface area (Å²) in [7, 11) is 0. The SMILES string of the molecule is CCC1(C)CC(=O)N(CCCCCOc2ccc(N)cc2)C(=O)C1. The monoisotopic (exact) mass is 332 g/mol. The Kier molecular flexibility index (Phi) is 6.23. The number of nitrogens with two attached hydrogens (primary N) is 1. The highest BCUT2D eigenvalue weighted by Gasteiger charge is 2.38. The molecule has 132 valence electrons. The van der Waals surface area contributed by atoms with Crippen LogP contribution in [0.15, 0.2) is 24.3 Å². The second kappa shape index (κ2) is 8.18. The third-order valence-corrected chi connectivity index (χ3v) is 4.79. The van der Waals surface area contributed by atoms with Crippen LogP contribution in [-0.2, 0) is 9.59 Å². The van der Waals surface area contributed by atoms with Gasteiger partial charge < -0.3 is 10.5 Å². The Labute approximate surface area is 144 Å². The zero-order valence-electron chi connectivity index (χ0n) is 14.7. The molecule has 0 radical (unpaired) electrons. The molecule has 2 rings (SSSR count). The smallest absolute Gasteiger partial charge is 0.229 e. The molecule has 0 aliphatic carbocycles. The zero-order chi connectivity index (χ0) is 17.6. The van der Waals surface area contributed by atoms with E-state index in [0.29, 0.717) is 26.0 Å². The van der Waals surface area contributed by atoms with Gasteiger partial charge in [0.2, 0.25) is 11.8 Å². The van der Waals surface area contributed by atoms with E-state index < -0.39 is 0 Å². The zero-order valence-corrected chi connectivity index (χ0v) is 14.7. The molecule has 0 unspecified atom stereocenters. The number of unbranched alkanes of at least 4 members (excludes halogenated alkanes) is 2. The van der Waals surface area contributed by atoms with Crippen LogP contribution in [0, 0.1) is 5.41 Å². The molecule has 5 heteroatoms. The Hall–Kier alpha value is -2.04. The molecule has 1 saturated heterocycles. The van der Waals surface area contributed by atoms with Gasteiger partial charge in [0.15, 0.2) is 0 Å². The Bertz CT molecular complexity index is 550. The lowest BCUT2D eigenvalue weighted by atomic mass is 9.77. The second-order valence-corrected chi connectivity index (χ2v) is 6.94. The van der Waals surface area contributed by atoms with Gasteiger partial charge in [-0.15, -0.1) is 0 Å². The van der Waals surface area contributed by atoms with Gasteiger partial charge in [0.25, 0.3) is 0 Å². The van der Waals surface area contributed by atoms with Gasteiger partial charge in [0, 0.05) is 25.1 Å². The van der Waals surface area contributed by atoms with E-state index >= 15 is 0 Å². The first-order chi connectivity index (χ1) is 11.4. The summed E-state index contributed by atoms with van der Waals surface area (Å²) in [5.74, 6) is 0.770. The van der Waals surface area contributed by atoms with Crippen LogP contribution < -0.4 is 10.5 Å². The van der Waals surface area contributed by atoms with Crippen LogP contribution >= 0.6 is 0 Å². The van der Waals surface area contributed by atoms with Gasteiger partial charge in [-0.1, -0.05) is 13.8 Å². The number of carbonyl (C=O) groups is 2. The van der Waals surface area contributed by atoms with E-state index in [4.69, 9.17) is 10.5 Å². The molecular formula is C19H28N2O3. The molecule has 1 fully saturated rings. The lowest BCUT2D eigenvalue weighted by Gasteiger charge is -2.36. The van der Waals surface area contributed by atoms with E-state index in [9.17, 15) is 9.59 Å². The third-order valence-electron chi connectivity index (χ3n) is 4.79. The van der Waals surface area contributed by atoms with Crippen molar-refractivity contribution in [2.24, 2.45) is 5.41 Å². The number of ether oxygens (including phenoxy) is 1. The molecule has 2 N–H and O–H groups in total. The number of anilines is 1. The fourth-order valence-electron chi connectivity index (χ4n) is 2.92. The normalized spacial score (nSPS) is 17.2. The molecule has 0 atom stereocenters. The van der Waals surface area contributed by atoms with Crippen LogP contribution in [-0.4, -0.2) is 29.9 Å². The van der Waals surface area contributed by atoms with Crippen LogP contribution in [0.3, 0.4) is 0 Å². The predicted molar refractivity (Wildman–Crippen MR) is 94.6 cm³/mol. The summed E-state index contributed by atoms with van der Waals surface area (Å²) < 4.78 is 5.63. The Morgan fingerprint density at radius 2 is 1.71 bits per heavy atom. The van der Waals surface area contributed by atoms with Crippen molar-refractivity contribution in [2.45, 2.75) is 52.4 Å². The number of nitrogens with zero attached hydrogens (tertiary/aromatic N) is 1. The number of rotatable bonds is 8. The molecule has 2 amide bonds. The lowest BCUT2D eigenvalue weighted by Crippen LogP contribution is -2.47. The third kappa shape index (κ3) is 4.98. The van der Waals surface area contributed by atoms with Crippen molar-refractivity contribution < 1.29 is 14.3 Å². The molecule has 1 aromatic carbocycles. The van der Waals surface area contributed by atoms with Crippen LogP contribution in [0.4, 0.5) is 5.69 Å². The highest BCUT2D eigenvalue weighted by Crippen LogP contribution is 2.35. The molecule has 1 aliphatic rings. The molecule has 0 saturated carbocycles. The van der Waals surface area contributed by atoms with Crippen molar-refractivity contribution in [3.63, 3.8) is 0 Å². The average Bonchev–Trinajstić information content (AvgIpc) is 2.54. The highest BCUT2D eigenvalue weighted by molar-refractivity contribution is 5.98. The number of amides is 2. The maximum absolute atomic E-state index is 12.2. The Balaban J connectivity index is 1.64. The molecule has 1 aliphatic heterocycles. The minimum atomic E-state index is -0.155. The van der Waals surface area contributed by atoms with Crippen molar-refractivity contribution in [3.8, 4) is 5.75 Å². The van der Waals surface area contributed by atoms with Gasteiger partial charge in [0.1, 0.15) is 5.75 Å². The first kappa shape index (κ1) is 18.3. The number of carbonyl (C=O) groups excluding carboxylic acids is 2. The number of piperidine rings is 1. The summed E-state index contributed by atoms with van der Waals surface area (Å²) in [5, 5.41) is 0. The Morgan fingerprint density at radius 1 is 1.08 bits per heavy atom. The Morgan fingerprint density at radius 3 is 2.29 bits per heavy atom. The second-order valence-electron chi connectivity index (χ2n) is 6.94. The summed E-state index contributed by atoms with van der Waals surface area (Å²) in [6.45, 7) is 5.21. The van der Waals surface area contributed by atoms with Crippen LogP contribution in [0.1, 0.15) is 52.4 Å². The van der Waals surface area contributed by atoms with E-state index in [0.717, 1.165) is 37.1 Å². The minimum absolute atomic E-state index is 0.0197. The minimum Gasteiger partial charge on any atom is -0.494 e. The van der Waals surface area contributed by atoms with Gasteiger partial charge in [-0.3, -0.25) is 14.5 Å². The van der Waals surface area contributed by atoms with Crippen molar-refractivity contribution >= 4 is 17.5 Å². The molecule has 0 bridgehead atoms. The van der Waals surface area contributed by atoms with Crippen molar-refractivity contribution in [3.05, 3.63) is 24.3 Å². The quantitative estimate of drug-likeness (QED) is 0.450. The summed E-state index contributed by atoms with van der Waals surface area (Å²) in [6.07, 6.45) is 4.47. The first-order valence-electron chi connectivity index (χ1n) is 8.75. The summed E-state index contributed by atoms with van der Waals surface area (Å²) in [6, 6.07) is 7.33. The van der Waals surface area contributed by atoms with Crippen LogP contribution in [0.5, 0.6) is 5.75 Å². The summed E-state index contributed by atoms with van der Waals surface area (Å²) in [5.41, 5.74) is 6.19. The molecule has 0 aromatic heterocycles. The van der Waals surface area contributed by atoms with E-state index in [1.54, 1.807) is 0 Å². The maximum Gasteiger partial charge on any atom is 0.229 e. The summed E-state index contributed by atoms with van der Waals surface area (Å²) >= 11 is 0. The summed E-state index contributed by atoms with van der Waals surface area (Å²) in [4.78, 5) is 25.8. The topological polar surface area (TPSA) is 72.6 Å². The van der Waals surface area contributed by atoms with Crippen molar-refractivity contribution in [1.82, 2.24) is 4.90 Å². The van der Waals surface area contributed by atoms with Gasteiger partial charge in [-0.2, -0.15) is 0 Å². The lowest BCUT2D eigenvalue weighted by molar-refractivity contribution is -0.153. The van der Waals surface area contributed by atoms with Crippen molar-refractivity contribution in [1.29, 1.82) is 0 Å². The molecule has 1 heterocycles. The average molecular weight is 332 g/mol. The van der Waals surface area contributed by atoms with E-state index in [2.05, 4.69) is 0 Å². The van der Waals surface area contributed by atoms with Gasteiger partial charge >= 0.3 is 0 Å². The van der Waals surface area contributed by atoms with Crippen LogP contribution in [0.25, 0.3) is 0 Å².